The number of nitrogens with zero attached hydrogens (tertiary/aromatic N) is 3. The molecule has 1 fully saturated rings. The Morgan fingerprint density at radius 1 is 1.42 bits per heavy atom. The van der Waals surface area contributed by atoms with Crippen molar-refractivity contribution in [1.29, 1.82) is 0 Å². The molecule has 7 heteroatoms. The van der Waals surface area contributed by atoms with Crippen molar-refractivity contribution in [3.05, 3.63) is 35.0 Å². The highest BCUT2D eigenvalue weighted by Crippen LogP contribution is 2.20. The standard InChI is InChI=1S/C17H24N4O3/c1-4-5-21-8-15(12(3)19-21)17(22)18-16-10-23-9-13(16)7-14-6-11(2)20-24-14/h6,8,13,16H,4-5,7,9-10H2,1-3H3,(H,18,22)/t13-,16+/m1/s1. The van der Waals surface area contributed by atoms with Gasteiger partial charge in [-0.15, -0.1) is 0 Å². The van der Waals surface area contributed by atoms with E-state index in [0.717, 1.165) is 30.1 Å². The summed E-state index contributed by atoms with van der Waals surface area (Å²) in [6.07, 6.45) is 3.51. The highest BCUT2D eigenvalue weighted by atomic mass is 16.5. The summed E-state index contributed by atoms with van der Waals surface area (Å²) in [5.74, 6) is 0.922. The summed E-state index contributed by atoms with van der Waals surface area (Å²) in [4.78, 5) is 12.6. The number of carbonyl (C=O) groups is 1. The third kappa shape index (κ3) is 3.67. The van der Waals surface area contributed by atoms with Gasteiger partial charge in [0, 0.05) is 31.1 Å². The summed E-state index contributed by atoms with van der Waals surface area (Å²) in [6, 6.07) is 1.90. The maximum atomic E-state index is 12.6. The van der Waals surface area contributed by atoms with Crippen LogP contribution >= 0.6 is 0 Å². The van der Waals surface area contributed by atoms with E-state index in [2.05, 4.69) is 22.5 Å². The summed E-state index contributed by atoms with van der Waals surface area (Å²) in [7, 11) is 0. The summed E-state index contributed by atoms with van der Waals surface area (Å²) in [5.41, 5.74) is 2.25. The Bertz CT molecular complexity index is 707. The maximum Gasteiger partial charge on any atom is 0.255 e. The molecule has 3 heterocycles. The molecule has 1 aliphatic heterocycles. The Balaban J connectivity index is 1.64. The average Bonchev–Trinajstić information content (AvgIpc) is 3.22. The summed E-state index contributed by atoms with van der Waals surface area (Å²) in [5, 5.41) is 11.4. The van der Waals surface area contributed by atoms with Gasteiger partial charge in [-0.1, -0.05) is 12.1 Å². The largest absolute Gasteiger partial charge is 0.379 e. The topological polar surface area (TPSA) is 82.2 Å². The van der Waals surface area contributed by atoms with Crippen LogP contribution in [0, 0.1) is 19.8 Å². The van der Waals surface area contributed by atoms with E-state index in [1.54, 1.807) is 0 Å². The Hall–Kier alpha value is -2.15. The van der Waals surface area contributed by atoms with Crippen LogP contribution in [0.5, 0.6) is 0 Å². The van der Waals surface area contributed by atoms with Crippen LogP contribution in [0.25, 0.3) is 0 Å². The zero-order chi connectivity index (χ0) is 17.1. The molecule has 0 radical (unpaired) electrons. The van der Waals surface area contributed by atoms with E-state index in [9.17, 15) is 4.79 Å². The first-order valence-electron chi connectivity index (χ1n) is 8.41. The summed E-state index contributed by atoms with van der Waals surface area (Å²) < 4.78 is 12.7. The van der Waals surface area contributed by atoms with Gasteiger partial charge in [0.25, 0.3) is 5.91 Å². The molecule has 0 aliphatic carbocycles. The Morgan fingerprint density at radius 3 is 2.96 bits per heavy atom. The second-order valence-electron chi connectivity index (χ2n) is 6.41. The van der Waals surface area contributed by atoms with Gasteiger partial charge in [-0.05, 0) is 20.3 Å². The van der Waals surface area contributed by atoms with Crippen LogP contribution in [-0.4, -0.2) is 40.1 Å². The molecule has 0 saturated carbocycles. The second-order valence-corrected chi connectivity index (χ2v) is 6.41. The lowest BCUT2D eigenvalue weighted by Crippen LogP contribution is -2.40. The summed E-state index contributed by atoms with van der Waals surface area (Å²) in [6.45, 7) is 7.79. The average molecular weight is 332 g/mol. The van der Waals surface area contributed by atoms with E-state index in [4.69, 9.17) is 9.26 Å². The van der Waals surface area contributed by atoms with Crippen molar-refractivity contribution in [1.82, 2.24) is 20.3 Å². The van der Waals surface area contributed by atoms with Gasteiger partial charge >= 0.3 is 0 Å². The molecule has 0 spiro atoms. The molecule has 1 aliphatic rings. The first kappa shape index (κ1) is 16.7. The van der Waals surface area contributed by atoms with E-state index in [-0.39, 0.29) is 17.9 Å². The fourth-order valence-corrected chi connectivity index (χ4v) is 3.06. The second kappa shape index (κ2) is 7.17. The highest BCUT2D eigenvalue weighted by Gasteiger charge is 2.31. The van der Waals surface area contributed by atoms with Crippen LogP contribution in [0.3, 0.4) is 0 Å². The van der Waals surface area contributed by atoms with Crippen LogP contribution in [0.15, 0.2) is 16.8 Å². The maximum absolute atomic E-state index is 12.6. The molecule has 2 atom stereocenters. The first-order chi connectivity index (χ1) is 11.6. The van der Waals surface area contributed by atoms with Crippen molar-refractivity contribution < 1.29 is 14.1 Å². The van der Waals surface area contributed by atoms with Gasteiger partial charge in [0.05, 0.1) is 36.2 Å². The van der Waals surface area contributed by atoms with Crippen LogP contribution < -0.4 is 5.32 Å². The van der Waals surface area contributed by atoms with Crippen LogP contribution in [0.1, 0.15) is 40.9 Å². The van der Waals surface area contributed by atoms with E-state index in [1.165, 1.54) is 0 Å². The van der Waals surface area contributed by atoms with Crippen LogP contribution in [0.2, 0.25) is 0 Å². The molecule has 24 heavy (non-hydrogen) atoms. The molecule has 0 aromatic carbocycles. The minimum absolute atomic E-state index is 0.0307. The number of amides is 1. The zero-order valence-corrected chi connectivity index (χ0v) is 14.4. The van der Waals surface area contributed by atoms with E-state index in [1.807, 2.05) is 30.8 Å². The number of rotatable bonds is 6. The predicted octanol–water partition coefficient (Wildman–Crippen LogP) is 1.89. The number of hydrogen-bond acceptors (Lipinski definition) is 5. The van der Waals surface area contributed by atoms with Crippen molar-refractivity contribution in [3.8, 4) is 0 Å². The molecule has 1 amide bonds. The lowest BCUT2D eigenvalue weighted by atomic mass is 9.98. The van der Waals surface area contributed by atoms with Crippen molar-refractivity contribution in [2.75, 3.05) is 13.2 Å². The Labute approximate surface area is 141 Å². The molecule has 0 bridgehead atoms. The van der Waals surface area contributed by atoms with Crippen molar-refractivity contribution >= 4 is 5.91 Å². The van der Waals surface area contributed by atoms with Gasteiger partial charge in [0.1, 0.15) is 5.76 Å². The number of carbonyl (C=O) groups excluding carboxylic acids is 1. The summed E-state index contributed by atoms with van der Waals surface area (Å²) >= 11 is 0. The van der Waals surface area contributed by atoms with Gasteiger partial charge in [-0.25, -0.2) is 0 Å². The third-order valence-corrected chi connectivity index (χ3v) is 4.30. The molecular weight excluding hydrogens is 308 g/mol. The van der Waals surface area contributed by atoms with Crippen molar-refractivity contribution in [2.45, 2.75) is 46.2 Å². The van der Waals surface area contributed by atoms with E-state index in [0.29, 0.717) is 25.2 Å². The number of nitrogens with one attached hydrogen (secondary N) is 1. The molecular formula is C17H24N4O3. The molecule has 3 rings (SSSR count). The fraction of sp³-hybridized carbons (Fsp3) is 0.588. The van der Waals surface area contributed by atoms with Gasteiger partial charge in [-0.2, -0.15) is 5.10 Å². The minimum Gasteiger partial charge on any atom is -0.379 e. The quantitative estimate of drug-likeness (QED) is 0.873. The number of hydrogen-bond donors (Lipinski definition) is 1. The predicted molar refractivity (Wildman–Crippen MR) is 87.8 cm³/mol. The highest BCUT2D eigenvalue weighted by molar-refractivity contribution is 5.95. The molecule has 2 aromatic heterocycles. The van der Waals surface area contributed by atoms with Crippen molar-refractivity contribution in [2.24, 2.45) is 5.92 Å². The molecule has 130 valence electrons. The third-order valence-electron chi connectivity index (χ3n) is 4.30. The smallest absolute Gasteiger partial charge is 0.255 e. The van der Waals surface area contributed by atoms with E-state index < -0.39 is 0 Å². The van der Waals surface area contributed by atoms with E-state index >= 15 is 0 Å². The fourth-order valence-electron chi connectivity index (χ4n) is 3.06. The molecule has 2 aromatic rings. The van der Waals surface area contributed by atoms with Crippen molar-refractivity contribution in [3.63, 3.8) is 0 Å². The number of ether oxygens (including phenoxy) is 1. The van der Waals surface area contributed by atoms with Gasteiger partial charge in [-0.3, -0.25) is 9.48 Å². The van der Waals surface area contributed by atoms with Crippen LogP contribution in [-0.2, 0) is 17.7 Å². The van der Waals surface area contributed by atoms with Gasteiger partial charge in [0.2, 0.25) is 0 Å². The minimum atomic E-state index is -0.0934. The SMILES string of the molecule is CCCn1cc(C(=O)N[C@H]2COC[C@H]2Cc2cc(C)no2)c(C)n1. The van der Waals surface area contributed by atoms with Gasteiger partial charge in [0.15, 0.2) is 0 Å². The first-order valence-corrected chi connectivity index (χ1v) is 8.41. The normalized spacial score (nSPS) is 20.5. The Morgan fingerprint density at radius 2 is 2.25 bits per heavy atom. The van der Waals surface area contributed by atoms with Gasteiger partial charge < -0.3 is 14.6 Å². The zero-order valence-electron chi connectivity index (χ0n) is 14.4. The molecule has 7 nitrogen and oxygen atoms in total. The number of aryl methyl sites for hydroxylation is 3. The lowest BCUT2D eigenvalue weighted by molar-refractivity contribution is 0.0924. The number of aromatic nitrogens is 3. The molecule has 0 unspecified atom stereocenters. The van der Waals surface area contributed by atoms with Crippen LogP contribution in [0.4, 0.5) is 0 Å². The lowest BCUT2D eigenvalue weighted by Gasteiger charge is -2.17. The molecule has 1 N–H and O–H groups in total. The molecule has 1 saturated heterocycles. The Kier molecular flexibility index (Phi) is 4.99. The monoisotopic (exact) mass is 332 g/mol.